The van der Waals surface area contributed by atoms with Crippen LogP contribution in [-0.2, 0) is 17.9 Å². The molecule has 0 unspecified atom stereocenters. The Morgan fingerprint density at radius 1 is 1.10 bits per heavy atom. The molecule has 0 saturated heterocycles. The van der Waals surface area contributed by atoms with Gasteiger partial charge < -0.3 is 10.1 Å². The quantitative estimate of drug-likeness (QED) is 0.377. The van der Waals surface area contributed by atoms with E-state index in [-0.39, 0.29) is 11.7 Å². The van der Waals surface area contributed by atoms with Crippen molar-refractivity contribution in [3.05, 3.63) is 77.1 Å². The van der Waals surface area contributed by atoms with Crippen molar-refractivity contribution in [3.8, 4) is 5.75 Å². The Hall–Kier alpha value is -3.06. The third-order valence-electron chi connectivity index (χ3n) is 4.79. The first-order chi connectivity index (χ1) is 14.9. The van der Waals surface area contributed by atoms with E-state index in [1.54, 1.807) is 6.08 Å². The summed E-state index contributed by atoms with van der Waals surface area (Å²) in [6.07, 6.45) is 1.78. The van der Waals surface area contributed by atoms with Gasteiger partial charge in [0, 0.05) is 12.2 Å². The van der Waals surface area contributed by atoms with Crippen LogP contribution < -0.4 is 10.1 Å². The van der Waals surface area contributed by atoms with Gasteiger partial charge in [0.2, 0.25) is 5.91 Å². The number of benzene rings is 2. The van der Waals surface area contributed by atoms with Gasteiger partial charge in [-0.2, -0.15) is 0 Å². The zero-order chi connectivity index (χ0) is 22.4. The minimum absolute atomic E-state index is 0.0834. The minimum Gasteiger partial charge on any atom is -0.485 e. The van der Waals surface area contributed by atoms with Gasteiger partial charge in [0.05, 0.1) is 5.75 Å². The van der Waals surface area contributed by atoms with Crippen LogP contribution in [0.15, 0.2) is 54.2 Å². The topological polar surface area (TPSA) is 69.0 Å². The van der Waals surface area contributed by atoms with Crippen LogP contribution in [0.3, 0.4) is 0 Å². The van der Waals surface area contributed by atoms with Crippen LogP contribution in [0, 0.1) is 27.7 Å². The average molecular weight is 437 g/mol. The van der Waals surface area contributed by atoms with E-state index in [9.17, 15) is 4.79 Å². The monoisotopic (exact) mass is 436 g/mol. The Labute approximate surface area is 187 Å². The van der Waals surface area contributed by atoms with Crippen molar-refractivity contribution >= 4 is 23.4 Å². The molecule has 0 radical (unpaired) electrons. The predicted molar refractivity (Wildman–Crippen MR) is 126 cm³/mol. The molecule has 3 rings (SSSR count). The third kappa shape index (κ3) is 5.98. The van der Waals surface area contributed by atoms with E-state index in [1.165, 1.54) is 17.3 Å². The lowest BCUT2D eigenvalue weighted by Crippen LogP contribution is -2.15. The van der Waals surface area contributed by atoms with Gasteiger partial charge in [0.15, 0.2) is 11.0 Å². The Morgan fingerprint density at radius 3 is 2.58 bits per heavy atom. The summed E-state index contributed by atoms with van der Waals surface area (Å²) in [6.45, 7) is 12.7. The van der Waals surface area contributed by atoms with Crippen LogP contribution in [-0.4, -0.2) is 26.4 Å². The lowest BCUT2D eigenvalue weighted by Gasteiger charge is -2.11. The van der Waals surface area contributed by atoms with Gasteiger partial charge in [-0.15, -0.1) is 16.8 Å². The number of aryl methyl sites for hydroxylation is 4. The molecule has 162 valence electrons. The van der Waals surface area contributed by atoms with E-state index in [0.29, 0.717) is 24.1 Å². The van der Waals surface area contributed by atoms with Crippen molar-refractivity contribution in [1.29, 1.82) is 0 Å². The number of carbonyl (C=O) groups is 1. The number of rotatable bonds is 9. The molecule has 0 bridgehead atoms. The highest BCUT2D eigenvalue weighted by Gasteiger charge is 2.15. The Kier molecular flexibility index (Phi) is 7.52. The zero-order valence-corrected chi connectivity index (χ0v) is 19.3. The van der Waals surface area contributed by atoms with Crippen molar-refractivity contribution in [1.82, 2.24) is 14.8 Å². The number of nitrogens with zero attached hydrogens (tertiary/aromatic N) is 3. The number of amides is 1. The number of allylic oxidation sites excluding steroid dienone is 1. The van der Waals surface area contributed by atoms with Gasteiger partial charge in [-0.1, -0.05) is 47.7 Å². The molecule has 0 atom stereocenters. The molecule has 1 aromatic heterocycles. The molecule has 0 aliphatic heterocycles. The largest absolute Gasteiger partial charge is 0.485 e. The van der Waals surface area contributed by atoms with Gasteiger partial charge in [-0.25, -0.2) is 0 Å². The summed E-state index contributed by atoms with van der Waals surface area (Å²) in [7, 11) is 0. The lowest BCUT2D eigenvalue weighted by atomic mass is 10.1. The fourth-order valence-electron chi connectivity index (χ4n) is 3.14. The fraction of sp³-hybridized carbons (Fsp3) is 0.292. The molecule has 31 heavy (non-hydrogen) atoms. The number of ether oxygens (including phenoxy) is 1. The van der Waals surface area contributed by atoms with Gasteiger partial charge >= 0.3 is 0 Å². The van der Waals surface area contributed by atoms with Crippen LogP contribution >= 0.6 is 11.8 Å². The molecule has 1 N–H and O–H groups in total. The maximum absolute atomic E-state index is 12.5. The molecular formula is C24H28N4O2S. The standard InChI is InChI=1S/C24H28N4O2S/c1-6-11-28-22(14-30-21-10-8-16(2)12-19(21)5)26-27-24(28)31-15-23(29)25-20-13-17(3)7-9-18(20)4/h6-10,12-13H,1,11,14-15H2,2-5H3,(H,25,29). The van der Waals surface area contributed by atoms with Crippen molar-refractivity contribution in [2.45, 2.75) is 46.0 Å². The normalized spacial score (nSPS) is 10.7. The van der Waals surface area contributed by atoms with Crippen LogP contribution in [0.25, 0.3) is 0 Å². The Bertz CT molecular complexity index is 1090. The van der Waals surface area contributed by atoms with Crippen LogP contribution in [0.4, 0.5) is 5.69 Å². The Morgan fingerprint density at radius 2 is 1.84 bits per heavy atom. The van der Waals surface area contributed by atoms with Gasteiger partial charge in [-0.3, -0.25) is 9.36 Å². The number of aromatic nitrogens is 3. The van der Waals surface area contributed by atoms with Crippen LogP contribution in [0.5, 0.6) is 5.75 Å². The summed E-state index contributed by atoms with van der Waals surface area (Å²) >= 11 is 1.35. The second-order valence-corrected chi connectivity index (χ2v) is 8.45. The molecule has 0 saturated carbocycles. The van der Waals surface area contributed by atoms with Gasteiger partial charge in [0.1, 0.15) is 12.4 Å². The molecule has 7 heteroatoms. The van der Waals surface area contributed by atoms with E-state index >= 15 is 0 Å². The molecule has 1 amide bonds. The van der Waals surface area contributed by atoms with E-state index in [2.05, 4.69) is 35.1 Å². The molecule has 0 fully saturated rings. The van der Waals surface area contributed by atoms with Gasteiger partial charge in [-0.05, 0) is 56.5 Å². The number of nitrogens with one attached hydrogen (secondary N) is 1. The predicted octanol–water partition coefficient (Wildman–Crippen LogP) is 5.01. The van der Waals surface area contributed by atoms with Crippen molar-refractivity contribution in [3.63, 3.8) is 0 Å². The van der Waals surface area contributed by atoms with E-state index < -0.39 is 0 Å². The second kappa shape index (κ2) is 10.3. The highest BCUT2D eigenvalue weighted by Crippen LogP contribution is 2.22. The molecular weight excluding hydrogens is 408 g/mol. The average Bonchev–Trinajstić information content (AvgIpc) is 3.10. The highest BCUT2D eigenvalue weighted by molar-refractivity contribution is 7.99. The number of anilines is 1. The number of carbonyl (C=O) groups excluding carboxylic acids is 1. The molecule has 0 aliphatic rings. The van der Waals surface area contributed by atoms with E-state index in [0.717, 1.165) is 28.1 Å². The maximum atomic E-state index is 12.5. The zero-order valence-electron chi connectivity index (χ0n) is 18.4. The highest BCUT2D eigenvalue weighted by atomic mass is 32.2. The molecule has 0 aliphatic carbocycles. The lowest BCUT2D eigenvalue weighted by molar-refractivity contribution is -0.113. The molecule has 0 spiro atoms. The van der Waals surface area contributed by atoms with Crippen LogP contribution in [0.2, 0.25) is 0 Å². The first-order valence-corrected chi connectivity index (χ1v) is 11.1. The first-order valence-electron chi connectivity index (χ1n) is 10.1. The summed E-state index contributed by atoms with van der Waals surface area (Å²) in [6, 6.07) is 12.1. The maximum Gasteiger partial charge on any atom is 0.234 e. The number of thioether (sulfide) groups is 1. The second-order valence-electron chi connectivity index (χ2n) is 7.51. The Balaban J connectivity index is 1.64. The summed E-state index contributed by atoms with van der Waals surface area (Å²) in [5.41, 5.74) is 5.24. The van der Waals surface area contributed by atoms with Crippen molar-refractivity contribution < 1.29 is 9.53 Å². The summed E-state index contributed by atoms with van der Waals surface area (Å²) in [5, 5.41) is 12.2. The van der Waals surface area contributed by atoms with E-state index in [4.69, 9.17) is 4.74 Å². The summed E-state index contributed by atoms with van der Waals surface area (Å²) < 4.78 is 7.88. The number of hydrogen-bond acceptors (Lipinski definition) is 5. The SMILES string of the molecule is C=CCn1c(COc2ccc(C)cc2C)nnc1SCC(=O)Nc1cc(C)ccc1C. The summed E-state index contributed by atoms with van der Waals surface area (Å²) in [4.78, 5) is 12.5. The van der Waals surface area contributed by atoms with Crippen LogP contribution in [0.1, 0.15) is 28.1 Å². The summed E-state index contributed by atoms with van der Waals surface area (Å²) in [5.74, 6) is 1.67. The van der Waals surface area contributed by atoms with Crippen molar-refractivity contribution in [2.24, 2.45) is 0 Å². The first kappa shape index (κ1) is 22.6. The third-order valence-corrected chi connectivity index (χ3v) is 5.76. The number of hydrogen-bond donors (Lipinski definition) is 1. The molecule has 1 heterocycles. The van der Waals surface area contributed by atoms with Gasteiger partial charge in [0.25, 0.3) is 0 Å². The minimum atomic E-state index is -0.0834. The molecule has 3 aromatic rings. The van der Waals surface area contributed by atoms with E-state index in [1.807, 2.05) is 55.7 Å². The molecule has 6 nitrogen and oxygen atoms in total. The smallest absolute Gasteiger partial charge is 0.234 e. The fourth-order valence-corrected chi connectivity index (χ4v) is 3.90. The van der Waals surface area contributed by atoms with Crippen molar-refractivity contribution in [2.75, 3.05) is 11.1 Å². The molecule has 2 aromatic carbocycles.